The van der Waals surface area contributed by atoms with Crippen LogP contribution in [0, 0.1) is 6.92 Å². The predicted octanol–water partition coefficient (Wildman–Crippen LogP) is 0.140. The molecule has 0 radical (unpaired) electrons. The lowest BCUT2D eigenvalue weighted by Gasteiger charge is -2.12. The molecule has 0 saturated carbocycles. The van der Waals surface area contributed by atoms with E-state index in [1.807, 2.05) is 0 Å². The van der Waals surface area contributed by atoms with Crippen LogP contribution in [-0.2, 0) is 30.0 Å². The molecule has 138 valence electrons. The lowest BCUT2D eigenvalue weighted by Crippen LogP contribution is -2.25. The summed E-state index contributed by atoms with van der Waals surface area (Å²) in [5, 5.41) is 19.1. The molecule has 12 heteroatoms. The number of carboxylic acid groups (broad SMARTS) is 1. The number of nitrogens with zero attached hydrogens (tertiary/aromatic N) is 2. The highest BCUT2D eigenvalue weighted by Gasteiger charge is 2.20. The maximum absolute atomic E-state index is 11.1. The average molecular weight is 376 g/mol. The number of aromatic hydroxyl groups is 1. The number of phosphoric ester groups is 1. The van der Waals surface area contributed by atoms with E-state index in [0.717, 1.165) is 13.1 Å². The molecule has 11 nitrogen and oxygen atoms in total. The van der Waals surface area contributed by atoms with Crippen molar-refractivity contribution < 1.29 is 43.4 Å². The molecule has 1 rings (SSSR count). The Morgan fingerprint density at radius 1 is 1.44 bits per heavy atom. The van der Waals surface area contributed by atoms with Crippen molar-refractivity contribution in [1.29, 1.82) is 0 Å². The number of carbonyl (C=O) groups is 2. The Kier molecular flexibility index (Phi) is 7.19. The summed E-state index contributed by atoms with van der Waals surface area (Å²) in [6.07, 6.45) is 2.19. The van der Waals surface area contributed by atoms with Crippen LogP contribution < -0.4 is 0 Å². The number of rotatable bonds is 8. The number of carboxylic acids is 1. The summed E-state index contributed by atoms with van der Waals surface area (Å²) in [5.74, 6) is -2.40. The lowest BCUT2D eigenvalue weighted by atomic mass is 10.1. The normalized spacial score (nSPS) is 13.0. The Labute approximate surface area is 142 Å². The number of aliphatic imine (C=N–C) groups is 1. The van der Waals surface area contributed by atoms with Crippen LogP contribution in [0.1, 0.15) is 23.7 Å². The van der Waals surface area contributed by atoms with Crippen molar-refractivity contribution in [2.75, 3.05) is 6.61 Å². The minimum Gasteiger partial charge on any atom is -0.505 e. The second kappa shape index (κ2) is 8.67. The van der Waals surface area contributed by atoms with Gasteiger partial charge < -0.3 is 24.7 Å². The first kappa shape index (κ1) is 20.7. The van der Waals surface area contributed by atoms with Crippen LogP contribution >= 0.6 is 7.82 Å². The first-order chi connectivity index (χ1) is 11.5. The van der Waals surface area contributed by atoms with Crippen molar-refractivity contribution in [1.82, 2.24) is 4.98 Å². The Morgan fingerprint density at radius 3 is 2.60 bits per heavy atom. The van der Waals surface area contributed by atoms with Crippen molar-refractivity contribution in [3.8, 4) is 5.75 Å². The lowest BCUT2D eigenvalue weighted by molar-refractivity contribution is -0.145. The molecule has 0 fully saturated rings. The molecule has 0 bridgehead atoms. The number of phosphoric acid groups is 1. The zero-order valence-corrected chi connectivity index (χ0v) is 14.2. The molecule has 4 N–H and O–H groups in total. The third-order valence-corrected chi connectivity index (χ3v) is 3.32. The van der Waals surface area contributed by atoms with Crippen LogP contribution in [0.4, 0.5) is 0 Å². The number of aliphatic carboxylic acids is 1. The second-order valence-electron chi connectivity index (χ2n) is 4.83. The molecule has 0 saturated heterocycles. The number of carbonyl (C=O) groups excluding carboxylic acids is 1. The van der Waals surface area contributed by atoms with E-state index in [0.29, 0.717) is 0 Å². The van der Waals surface area contributed by atoms with E-state index in [1.165, 1.54) is 13.1 Å². The number of hydrogen-bond donors (Lipinski definition) is 4. The van der Waals surface area contributed by atoms with E-state index in [9.17, 15) is 19.3 Å². The first-order valence-corrected chi connectivity index (χ1v) is 8.31. The van der Waals surface area contributed by atoms with Crippen LogP contribution in [-0.4, -0.2) is 55.8 Å². The maximum Gasteiger partial charge on any atom is 0.469 e. The van der Waals surface area contributed by atoms with Gasteiger partial charge >= 0.3 is 19.8 Å². The fraction of sp³-hybridized carbons (Fsp3) is 0.385. The molecule has 0 aliphatic heterocycles. The molecule has 0 aliphatic carbocycles. The Balaban J connectivity index is 3.11. The van der Waals surface area contributed by atoms with Crippen LogP contribution in [0.5, 0.6) is 5.75 Å². The smallest absolute Gasteiger partial charge is 0.469 e. The standard InChI is InChI=1S/C13H17N2O9P/c1-7-12(17)10(9(3-14-7)5-24-25(20,21)22)4-15-11(13(18)19)6-23-8(2)16/h3-4,11,17H,5-6H2,1-2H3,(H,18,19)(H2,20,21,22)/t11-/m0/s1. The molecular formula is C13H17N2O9P. The first-order valence-electron chi connectivity index (χ1n) is 6.78. The zero-order chi connectivity index (χ0) is 19.2. The molecule has 0 aromatic carbocycles. The number of hydrogen-bond acceptors (Lipinski definition) is 8. The fourth-order valence-electron chi connectivity index (χ4n) is 1.60. The van der Waals surface area contributed by atoms with Gasteiger partial charge in [-0.05, 0) is 6.92 Å². The van der Waals surface area contributed by atoms with Gasteiger partial charge in [-0.25, -0.2) is 9.36 Å². The van der Waals surface area contributed by atoms with Crippen LogP contribution in [0.25, 0.3) is 0 Å². The van der Waals surface area contributed by atoms with E-state index in [2.05, 4.69) is 19.2 Å². The van der Waals surface area contributed by atoms with Gasteiger partial charge in [-0.3, -0.25) is 19.3 Å². The van der Waals surface area contributed by atoms with Crippen molar-refractivity contribution in [3.63, 3.8) is 0 Å². The van der Waals surface area contributed by atoms with Crippen LogP contribution in [0.3, 0.4) is 0 Å². The highest BCUT2D eigenvalue weighted by molar-refractivity contribution is 7.46. The number of aryl methyl sites for hydroxylation is 1. The highest BCUT2D eigenvalue weighted by atomic mass is 31.2. The largest absolute Gasteiger partial charge is 0.505 e. The molecule has 0 amide bonds. The molecule has 0 aliphatic rings. The quantitative estimate of drug-likeness (QED) is 0.277. The van der Waals surface area contributed by atoms with Gasteiger partial charge in [-0.1, -0.05) is 0 Å². The molecule has 0 spiro atoms. The van der Waals surface area contributed by atoms with Gasteiger partial charge in [0, 0.05) is 30.5 Å². The average Bonchev–Trinajstić information content (AvgIpc) is 2.48. The van der Waals surface area contributed by atoms with E-state index < -0.39 is 39.0 Å². The van der Waals surface area contributed by atoms with Gasteiger partial charge in [0.15, 0.2) is 6.04 Å². The number of pyridine rings is 1. The summed E-state index contributed by atoms with van der Waals surface area (Å²) < 4.78 is 19.7. The fourth-order valence-corrected chi connectivity index (χ4v) is 1.91. The van der Waals surface area contributed by atoms with Crippen LogP contribution in [0.15, 0.2) is 11.2 Å². The zero-order valence-electron chi connectivity index (χ0n) is 13.3. The topological polar surface area (TPSA) is 176 Å². The minimum absolute atomic E-state index is 0.0185. The molecule has 25 heavy (non-hydrogen) atoms. The number of aromatic nitrogens is 1. The summed E-state index contributed by atoms with van der Waals surface area (Å²) in [6, 6.07) is -1.42. The Hall–Kier alpha value is -2.33. The monoisotopic (exact) mass is 376 g/mol. The summed E-state index contributed by atoms with van der Waals surface area (Å²) >= 11 is 0. The molecule has 1 aromatic heterocycles. The third kappa shape index (κ3) is 6.98. The molecule has 1 heterocycles. The summed E-state index contributed by atoms with van der Waals surface area (Å²) in [5.41, 5.74) is 0.245. The van der Waals surface area contributed by atoms with Crippen molar-refractivity contribution >= 4 is 26.0 Å². The number of esters is 1. The van der Waals surface area contributed by atoms with Gasteiger partial charge in [-0.15, -0.1) is 0 Å². The molecule has 1 atom stereocenters. The Bertz CT molecular complexity index is 728. The van der Waals surface area contributed by atoms with Gasteiger partial charge in [-0.2, -0.15) is 0 Å². The van der Waals surface area contributed by atoms with Crippen LogP contribution in [0.2, 0.25) is 0 Å². The maximum atomic E-state index is 11.1. The summed E-state index contributed by atoms with van der Waals surface area (Å²) in [7, 11) is -4.76. The minimum atomic E-state index is -4.76. The SMILES string of the molecule is CC(=O)OC[C@H](N=Cc1c(COP(=O)(O)O)cnc(C)c1O)C(=O)O. The predicted molar refractivity (Wildman–Crippen MR) is 83.1 cm³/mol. The molecular weight excluding hydrogens is 359 g/mol. The van der Waals surface area contributed by atoms with Crippen molar-refractivity contribution in [2.45, 2.75) is 26.5 Å². The molecule has 1 aromatic rings. The number of ether oxygens (including phenoxy) is 1. The second-order valence-corrected chi connectivity index (χ2v) is 6.07. The van der Waals surface area contributed by atoms with E-state index in [1.54, 1.807) is 0 Å². The highest BCUT2D eigenvalue weighted by Crippen LogP contribution is 2.37. The third-order valence-electron chi connectivity index (χ3n) is 2.86. The van der Waals surface area contributed by atoms with E-state index >= 15 is 0 Å². The Morgan fingerprint density at radius 2 is 2.08 bits per heavy atom. The van der Waals surface area contributed by atoms with Gasteiger partial charge in [0.2, 0.25) is 0 Å². The van der Waals surface area contributed by atoms with Gasteiger partial charge in [0.25, 0.3) is 0 Å². The summed E-state index contributed by atoms with van der Waals surface area (Å²) in [6.45, 7) is 1.47. The van der Waals surface area contributed by atoms with E-state index in [-0.39, 0.29) is 22.6 Å². The van der Waals surface area contributed by atoms with Gasteiger partial charge in [0.05, 0.1) is 12.3 Å². The molecule has 0 unspecified atom stereocenters. The summed E-state index contributed by atoms with van der Waals surface area (Å²) in [4.78, 5) is 47.0. The van der Waals surface area contributed by atoms with Crippen molar-refractivity contribution in [2.24, 2.45) is 4.99 Å². The van der Waals surface area contributed by atoms with Gasteiger partial charge in [0.1, 0.15) is 12.4 Å². The van der Waals surface area contributed by atoms with E-state index in [4.69, 9.17) is 14.9 Å². The van der Waals surface area contributed by atoms with Crippen molar-refractivity contribution in [3.05, 3.63) is 23.0 Å².